The molecule has 0 spiro atoms. The largest absolute Gasteiger partial charge is 0.356 e. The van der Waals surface area contributed by atoms with Crippen molar-refractivity contribution < 1.29 is 0 Å². The van der Waals surface area contributed by atoms with Crippen molar-refractivity contribution in [2.45, 2.75) is 52.5 Å². The van der Waals surface area contributed by atoms with Gasteiger partial charge in [-0.15, -0.1) is 0 Å². The van der Waals surface area contributed by atoms with Crippen LogP contribution in [0.15, 0.2) is 0 Å². The van der Waals surface area contributed by atoms with Gasteiger partial charge in [-0.25, -0.2) is 9.97 Å². The van der Waals surface area contributed by atoms with Gasteiger partial charge in [0.25, 0.3) is 0 Å². The van der Waals surface area contributed by atoms with Crippen LogP contribution in [0.2, 0.25) is 0 Å². The van der Waals surface area contributed by atoms with E-state index >= 15 is 0 Å². The number of nitrogens with zero attached hydrogens (tertiary/aromatic N) is 6. The van der Waals surface area contributed by atoms with Crippen LogP contribution in [0.1, 0.15) is 44.1 Å². The van der Waals surface area contributed by atoms with Gasteiger partial charge in [-0.1, -0.05) is 0 Å². The predicted octanol–water partition coefficient (Wildman–Crippen LogP) is 2.68. The molecule has 0 N–H and O–H groups in total. The predicted molar refractivity (Wildman–Crippen MR) is 101 cm³/mol. The molecule has 0 saturated carbocycles. The summed E-state index contributed by atoms with van der Waals surface area (Å²) in [6.45, 7) is 11.2. The lowest BCUT2D eigenvalue weighted by atomic mass is 9.89. The minimum Gasteiger partial charge on any atom is -0.356 e. The van der Waals surface area contributed by atoms with Crippen molar-refractivity contribution in [3.05, 3.63) is 11.5 Å². The zero-order valence-corrected chi connectivity index (χ0v) is 16.0. The maximum absolute atomic E-state index is 4.80. The van der Waals surface area contributed by atoms with Crippen molar-refractivity contribution in [1.29, 1.82) is 0 Å². The van der Waals surface area contributed by atoms with Gasteiger partial charge < -0.3 is 9.80 Å². The third-order valence-electron chi connectivity index (χ3n) is 6.19. The highest BCUT2D eigenvalue weighted by Crippen LogP contribution is 2.32. The van der Waals surface area contributed by atoms with Crippen LogP contribution < -0.4 is 4.90 Å². The van der Waals surface area contributed by atoms with Crippen molar-refractivity contribution in [1.82, 2.24) is 24.6 Å². The molecule has 2 saturated heterocycles. The van der Waals surface area contributed by atoms with E-state index in [1.807, 2.05) is 18.7 Å². The molecule has 4 heterocycles. The maximum atomic E-state index is 4.80. The number of hydrogen-bond acceptors (Lipinski definition) is 5. The second-order valence-electron chi connectivity index (χ2n) is 7.81. The van der Waals surface area contributed by atoms with E-state index in [1.54, 1.807) is 0 Å². The van der Waals surface area contributed by atoms with E-state index in [1.165, 1.54) is 38.8 Å². The zero-order valence-electron chi connectivity index (χ0n) is 16.0. The Kier molecular flexibility index (Phi) is 4.40. The summed E-state index contributed by atoms with van der Waals surface area (Å²) >= 11 is 0. The number of anilines is 1. The lowest BCUT2D eigenvalue weighted by molar-refractivity contribution is 0.167. The van der Waals surface area contributed by atoms with Crippen molar-refractivity contribution in [3.8, 4) is 0 Å². The molecule has 0 unspecified atom stereocenters. The topological polar surface area (TPSA) is 50.1 Å². The Balaban J connectivity index is 1.54. The fourth-order valence-corrected chi connectivity index (χ4v) is 4.69. The molecule has 0 aromatic carbocycles. The summed E-state index contributed by atoms with van der Waals surface area (Å²) in [5.41, 5.74) is 1.98. The van der Waals surface area contributed by atoms with Gasteiger partial charge in [0.05, 0.1) is 11.1 Å². The molecular weight excluding hydrogens is 312 g/mol. The number of hydrogen-bond donors (Lipinski definition) is 0. The van der Waals surface area contributed by atoms with Crippen LogP contribution in [-0.2, 0) is 7.05 Å². The number of aromatic nitrogens is 4. The van der Waals surface area contributed by atoms with Crippen molar-refractivity contribution in [2.24, 2.45) is 13.0 Å². The number of rotatable bonds is 3. The SMILES string of the molecule is Cc1nc(N2CCC([C@H](C)N3CCCC3)CC2)c2c(C)nn(C)c2n1. The summed E-state index contributed by atoms with van der Waals surface area (Å²) < 4.78 is 1.88. The zero-order chi connectivity index (χ0) is 17.6. The van der Waals surface area contributed by atoms with Crippen LogP contribution in [0.5, 0.6) is 0 Å². The minimum atomic E-state index is 0.719. The first kappa shape index (κ1) is 16.8. The Morgan fingerprint density at radius 3 is 2.36 bits per heavy atom. The van der Waals surface area contributed by atoms with Gasteiger partial charge in [0.1, 0.15) is 11.6 Å². The minimum absolute atomic E-state index is 0.719. The number of aryl methyl sites for hydroxylation is 3. The molecule has 25 heavy (non-hydrogen) atoms. The molecule has 0 amide bonds. The molecule has 2 aliphatic heterocycles. The van der Waals surface area contributed by atoms with Crippen LogP contribution in [0, 0.1) is 19.8 Å². The average Bonchev–Trinajstić information content (AvgIpc) is 3.23. The Bertz CT molecular complexity index is 753. The van der Waals surface area contributed by atoms with Crippen LogP contribution in [0.3, 0.4) is 0 Å². The lowest BCUT2D eigenvalue weighted by Gasteiger charge is -2.39. The Hall–Kier alpha value is -1.69. The molecule has 6 nitrogen and oxygen atoms in total. The molecular formula is C19H30N6. The van der Waals surface area contributed by atoms with Crippen LogP contribution >= 0.6 is 0 Å². The van der Waals surface area contributed by atoms with Crippen LogP contribution in [0.4, 0.5) is 5.82 Å². The van der Waals surface area contributed by atoms with E-state index in [4.69, 9.17) is 4.98 Å². The highest BCUT2D eigenvalue weighted by atomic mass is 15.3. The fraction of sp³-hybridized carbons (Fsp3) is 0.737. The molecule has 2 aromatic heterocycles. The molecule has 6 heteroatoms. The molecule has 2 aliphatic rings. The van der Waals surface area contributed by atoms with Crippen molar-refractivity contribution in [2.75, 3.05) is 31.1 Å². The molecule has 0 bridgehead atoms. The highest BCUT2D eigenvalue weighted by molar-refractivity contribution is 5.89. The molecule has 136 valence electrons. The van der Waals surface area contributed by atoms with E-state index in [0.29, 0.717) is 0 Å². The van der Waals surface area contributed by atoms with E-state index in [9.17, 15) is 0 Å². The van der Waals surface area contributed by atoms with Gasteiger partial charge in [-0.2, -0.15) is 5.10 Å². The molecule has 4 rings (SSSR count). The van der Waals surface area contributed by atoms with E-state index in [-0.39, 0.29) is 0 Å². The first-order chi connectivity index (χ1) is 12.0. The summed E-state index contributed by atoms with van der Waals surface area (Å²) in [6, 6.07) is 0.719. The smallest absolute Gasteiger partial charge is 0.163 e. The number of likely N-dealkylation sites (tertiary alicyclic amines) is 1. The molecule has 0 aliphatic carbocycles. The summed E-state index contributed by atoms with van der Waals surface area (Å²) in [6.07, 6.45) is 5.26. The maximum Gasteiger partial charge on any atom is 0.163 e. The molecule has 2 fully saturated rings. The lowest BCUT2D eigenvalue weighted by Crippen LogP contribution is -2.43. The quantitative estimate of drug-likeness (QED) is 0.858. The fourth-order valence-electron chi connectivity index (χ4n) is 4.69. The Labute approximate surface area is 150 Å². The van der Waals surface area contributed by atoms with E-state index < -0.39 is 0 Å². The summed E-state index contributed by atoms with van der Waals surface area (Å²) in [5, 5.41) is 5.69. The normalized spacial score (nSPS) is 21.4. The van der Waals surface area contributed by atoms with Crippen LogP contribution in [0.25, 0.3) is 11.0 Å². The summed E-state index contributed by atoms with van der Waals surface area (Å²) in [4.78, 5) is 14.6. The monoisotopic (exact) mass is 342 g/mol. The standard InChI is InChI=1S/C19H30N6/c1-13-17-18(23(4)22-13)20-15(3)21-19(17)25-11-7-16(8-12-25)14(2)24-9-5-6-10-24/h14,16H,5-12H2,1-4H3/t14-/m0/s1. The van der Waals surface area contributed by atoms with Gasteiger partial charge in [-0.3, -0.25) is 4.68 Å². The molecule has 1 atom stereocenters. The number of fused-ring (bicyclic) bond motifs is 1. The van der Waals surface area contributed by atoms with Crippen LogP contribution in [-0.4, -0.2) is 56.9 Å². The van der Waals surface area contributed by atoms with E-state index in [2.05, 4.69) is 33.7 Å². The Morgan fingerprint density at radius 2 is 1.68 bits per heavy atom. The summed E-state index contributed by atoms with van der Waals surface area (Å²) in [5.74, 6) is 2.72. The first-order valence-corrected chi connectivity index (χ1v) is 9.71. The van der Waals surface area contributed by atoms with Gasteiger partial charge in [0.2, 0.25) is 0 Å². The number of piperidine rings is 1. The van der Waals surface area contributed by atoms with Gasteiger partial charge in [0, 0.05) is 26.2 Å². The second-order valence-corrected chi connectivity index (χ2v) is 7.81. The van der Waals surface area contributed by atoms with Gasteiger partial charge >= 0.3 is 0 Å². The van der Waals surface area contributed by atoms with Gasteiger partial charge in [-0.05, 0) is 65.5 Å². The van der Waals surface area contributed by atoms with Crippen molar-refractivity contribution in [3.63, 3.8) is 0 Å². The van der Waals surface area contributed by atoms with Crippen molar-refractivity contribution >= 4 is 16.9 Å². The second kappa shape index (κ2) is 6.56. The van der Waals surface area contributed by atoms with E-state index in [0.717, 1.165) is 53.4 Å². The molecule has 2 aromatic rings. The highest BCUT2D eigenvalue weighted by Gasteiger charge is 2.30. The average molecular weight is 342 g/mol. The molecule has 0 radical (unpaired) electrons. The van der Waals surface area contributed by atoms with Gasteiger partial charge in [0.15, 0.2) is 5.65 Å². The third-order valence-corrected chi connectivity index (χ3v) is 6.19. The third kappa shape index (κ3) is 3.01. The summed E-state index contributed by atoms with van der Waals surface area (Å²) in [7, 11) is 1.97. The Morgan fingerprint density at radius 1 is 1.00 bits per heavy atom. The first-order valence-electron chi connectivity index (χ1n) is 9.71.